The summed E-state index contributed by atoms with van der Waals surface area (Å²) in [6, 6.07) is 0.653. The van der Waals surface area contributed by atoms with Crippen LogP contribution in [0.5, 0.6) is 0 Å². The lowest BCUT2D eigenvalue weighted by atomic mass is 10.1. The van der Waals surface area contributed by atoms with E-state index in [0.717, 1.165) is 18.4 Å². The number of nitrogens with zero attached hydrogens (tertiary/aromatic N) is 1. The Balaban J connectivity index is 3.82. The maximum atomic E-state index is 3.57. The van der Waals surface area contributed by atoms with Crippen LogP contribution in [0.2, 0.25) is 0 Å². The molecule has 0 fully saturated rings. The van der Waals surface area contributed by atoms with Crippen molar-refractivity contribution in [1.82, 2.24) is 10.2 Å². The van der Waals surface area contributed by atoms with Gasteiger partial charge in [-0.25, -0.2) is 0 Å². The highest BCUT2D eigenvalue weighted by atomic mass is 15.1. The van der Waals surface area contributed by atoms with Gasteiger partial charge in [-0.15, -0.1) is 0 Å². The van der Waals surface area contributed by atoms with Crippen LogP contribution in [0.15, 0.2) is 0 Å². The number of nitrogens with one attached hydrogen (secondary N) is 1. The van der Waals surface area contributed by atoms with Crippen molar-refractivity contribution in [2.75, 3.05) is 26.2 Å². The Bertz CT molecular complexity index is 145. The minimum absolute atomic E-state index is 0.653. The first-order chi connectivity index (χ1) is 7.45. The third-order valence-electron chi connectivity index (χ3n) is 2.78. The van der Waals surface area contributed by atoms with Gasteiger partial charge < -0.3 is 10.2 Å². The predicted octanol–water partition coefficient (Wildman–Crippen LogP) is 2.99. The molecule has 0 amide bonds. The minimum Gasteiger partial charge on any atom is -0.313 e. The second-order valence-electron chi connectivity index (χ2n) is 5.81. The molecule has 0 aromatic heterocycles. The topological polar surface area (TPSA) is 15.3 Å². The van der Waals surface area contributed by atoms with E-state index < -0.39 is 0 Å². The van der Waals surface area contributed by atoms with Gasteiger partial charge in [-0.05, 0) is 25.2 Å². The molecule has 0 heterocycles. The smallest absolute Gasteiger partial charge is 0.0107 e. The average Bonchev–Trinajstić information content (AvgIpc) is 2.15. The summed E-state index contributed by atoms with van der Waals surface area (Å²) in [5.74, 6) is 1.53. The van der Waals surface area contributed by atoms with Crippen molar-refractivity contribution in [3.8, 4) is 0 Å². The van der Waals surface area contributed by atoms with Crippen molar-refractivity contribution in [2.24, 2.45) is 11.8 Å². The first-order valence-corrected chi connectivity index (χ1v) is 6.91. The molecule has 2 nitrogen and oxygen atoms in total. The van der Waals surface area contributed by atoms with Crippen LogP contribution >= 0.6 is 0 Å². The van der Waals surface area contributed by atoms with Gasteiger partial charge in [0.2, 0.25) is 0 Å². The highest BCUT2D eigenvalue weighted by Gasteiger charge is 2.09. The molecule has 0 radical (unpaired) electrons. The molecule has 0 aromatic rings. The Morgan fingerprint density at radius 1 is 0.938 bits per heavy atom. The maximum absolute atomic E-state index is 3.57. The zero-order valence-corrected chi connectivity index (χ0v) is 12.2. The van der Waals surface area contributed by atoms with Crippen LogP contribution in [0.4, 0.5) is 0 Å². The lowest BCUT2D eigenvalue weighted by molar-refractivity contribution is 0.217. The number of hydrogen-bond acceptors (Lipinski definition) is 2. The standard InChI is InChI=1S/C14H32N2/c1-7-14(6)15-8-9-16(10-12(2)3)11-13(4)5/h12-15H,7-11H2,1-6H3. The van der Waals surface area contributed by atoms with Gasteiger partial charge in [0.1, 0.15) is 0 Å². The van der Waals surface area contributed by atoms with Crippen molar-refractivity contribution in [3.63, 3.8) is 0 Å². The summed E-state index contributed by atoms with van der Waals surface area (Å²) in [5, 5.41) is 3.57. The molecule has 0 aromatic carbocycles. The van der Waals surface area contributed by atoms with E-state index in [2.05, 4.69) is 51.8 Å². The molecule has 0 saturated heterocycles. The van der Waals surface area contributed by atoms with E-state index in [1.807, 2.05) is 0 Å². The molecule has 0 saturated carbocycles. The molecule has 0 bridgehead atoms. The van der Waals surface area contributed by atoms with Crippen LogP contribution in [0.3, 0.4) is 0 Å². The summed E-state index contributed by atoms with van der Waals surface area (Å²) in [6.45, 7) is 18.4. The molecule has 0 spiro atoms. The van der Waals surface area contributed by atoms with E-state index in [1.165, 1.54) is 26.1 Å². The highest BCUT2D eigenvalue weighted by molar-refractivity contribution is 4.66. The summed E-state index contributed by atoms with van der Waals surface area (Å²) in [5.41, 5.74) is 0. The van der Waals surface area contributed by atoms with Crippen LogP contribution in [0, 0.1) is 11.8 Å². The van der Waals surface area contributed by atoms with Crippen molar-refractivity contribution in [3.05, 3.63) is 0 Å². The Labute approximate surface area is 103 Å². The fourth-order valence-corrected chi connectivity index (χ4v) is 1.90. The molecule has 1 atom stereocenters. The summed E-state index contributed by atoms with van der Waals surface area (Å²) < 4.78 is 0. The van der Waals surface area contributed by atoms with E-state index in [1.54, 1.807) is 0 Å². The Morgan fingerprint density at radius 2 is 1.44 bits per heavy atom. The zero-order valence-electron chi connectivity index (χ0n) is 12.2. The van der Waals surface area contributed by atoms with E-state index >= 15 is 0 Å². The Hall–Kier alpha value is -0.0800. The first kappa shape index (κ1) is 15.9. The maximum Gasteiger partial charge on any atom is 0.0107 e. The Kier molecular flexibility index (Phi) is 8.96. The summed E-state index contributed by atoms with van der Waals surface area (Å²) in [4.78, 5) is 2.59. The van der Waals surface area contributed by atoms with Crippen LogP contribution in [-0.4, -0.2) is 37.1 Å². The van der Waals surface area contributed by atoms with Gasteiger partial charge in [-0.2, -0.15) is 0 Å². The monoisotopic (exact) mass is 228 g/mol. The summed E-state index contributed by atoms with van der Waals surface area (Å²) in [7, 11) is 0. The molecule has 1 N–H and O–H groups in total. The van der Waals surface area contributed by atoms with Gasteiger partial charge in [0, 0.05) is 32.2 Å². The number of hydrogen-bond donors (Lipinski definition) is 1. The number of rotatable bonds is 9. The Morgan fingerprint density at radius 3 is 1.81 bits per heavy atom. The van der Waals surface area contributed by atoms with Crippen molar-refractivity contribution < 1.29 is 0 Å². The quantitative estimate of drug-likeness (QED) is 0.652. The average molecular weight is 228 g/mol. The van der Waals surface area contributed by atoms with Crippen LogP contribution in [0.25, 0.3) is 0 Å². The fraction of sp³-hybridized carbons (Fsp3) is 1.00. The van der Waals surface area contributed by atoms with Gasteiger partial charge in [-0.1, -0.05) is 34.6 Å². The van der Waals surface area contributed by atoms with Crippen molar-refractivity contribution in [2.45, 2.75) is 54.0 Å². The van der Waals surface area contributed by atoms with E-state index in [-0.39, 0.29) is 0 Å². The van der Waals surface area contributed by atoms with Crippen LogP contribution in [-0.2, 0) is 0 Å². The molecule has 0 aliphatic rings. The predicted molar refractivity (Wildman–Crippen MR) is 73.9 cm³/mol. The van der Waals surface area contributed by atoms with Crippen LogP contribution in [0.1, 0.15) is 48.0 Å². The van der Waals surface area contributed by atoms with Gasteiger partial charge in [0.15, 0.2) is 0 Å². The molecular weight excluding hydrogens is 196 g/mol. The lowest BCUT2D eigenvalue weighted by Gasteiger charge is -2.26. The third-order valence-corrected chi connectivity index (χ3v) is 2.78. The molecule has 0 aliphatic heterocycles. The lowest BCUT2D eigenvalue weighted by Crippen LogP contribution is -2.39. The summed E-state index contributed by atoms with van der Waals surface area (Å²) in [6.07, 6.45) is 1.22. The molecular formula is C14H32N2. The second kappa shape index (κ2) is 9.00. The first-order valence-electron chi connectivity index (χ1n) is 6.91. The fourth-order valence-electron chi connectivity index (χ4n) is 1.90. The molecule has 0 rings (SSSR count). The largest absolute Gasteiger partial charge is 0.313 e. The van der Waals surface area contributed by atoms with Crippen LogP contribution < -0.4 is 5.32 Å². The van der Waals surface area contributed by atoms with Gasteiger partial charge >= 0.3 is 0 Å². The molecule has 2 heteroatoms. The third kappa shape index (κ3) is 9.17. The molecule has 16 heavy (non-hydrogen) atoms. The molecule has 0 aliphatic carbocycles. The normalized spacial score (nSPS) is 14.1. The molecule has 98 valence electrons. The van der Waals surface area contributed by atoms with Crippen molar-refractivity contribution in [1.29, 1.82) is 0 Å². The summed E-state index contributed by atoms with van der Waals surface area (Å²) >= 11 is 0. The van der Waals surface area contributed by atoms with Gasteiger partial charge in [0.25, 0.3) is 0 Å². The van der Waals surface area contributed by atoms with Crippen molar-refractivity contribution >= 4 is 0 Å². The van der Waals surface area contributed by atoms with E-state index in [4.69, 9.17) is 0 Å². The van der Waals surface area contributed by atoms with Gasteiger partial charge in [0.05, 0.1) is 0 Å². The highest BCUT2D eigenvalue weighted by Crippen LogP contribution is 2.03. The second-order valence-corrected chi connectivity index (χ2v) is 5.81. The van der Waals surface area contributed by atoms with E-state index in [9.17, 15) is 0 Å². The SMILES string of the molecule is CCC(C)NCCN(CC(C)C)CC(C)C. The minimum atomic E-state index is 0.653. The van der Waals surface area contributed by atoms with E-state index in [0.29, 0.717) is 6.04 Å². The van der Waals surface area contributed by atoms with Gasteiger partial charge in [-0.3, -0.25) is 0 Å². The zero-order chi connectivity index (χ0) is 12.6. The molecule has 1 unspecified atom stereocenters.